The molecule has 2 N–H and O–H groups in total. The summed E-state index contributed by atoms with van der Waals surface area (Å²) in [6.07, 6.45) is -8.46. The zero-order valence-electron chi connectivity index (χ0n) is 20.2. The van der Waals surface area contributed by atoms with Crippen molar-refractivity contribution in [1.29, 1.82) is 5.26 Å². The number of rotatable bonds is 7. The molecule has 16 heteroatoms. The molecule has 0 saturated carbocycles. The first-order valence-corrected chi connectivity index (χ1v) is 11.5. The third-order valence-electron chi connectivity index (χ3n) is 5.42. The van der Waals surface area contributed by atoms with E-state index >= 15 is 0 Å². The molecule has 1 aliphatic heterocycles. The van der Waals surface area contributed by atoms with Crippen LogP contribution in [0.2, 0.25) is 5.02 Å². The summed E-state index contributed by atoms with van der Waals surface area (Å²) < 4.78 is 92.6. The number of piperidine rings is 1. The highest BCUT2D eigenvalue weighted by Gasteiger charge is 2.38. The Morgan fingerprint density at radius 1 is 1.05 bits per heavy atom. The van der Waals surface area contributed by atoms with E-state index in [0.29, 0.717) is 38.0 Å². The Morgan fingerprint density at radius 2 is 1.65 bits per heavy atom. The Morgan fingerprint density at radius 3 is 2.15 bits per heavy atom. The van der Waals surface area contributed by atoms with Crippen molar-refractivity contribution < 1.29 is 60.0 Å². The Labute approximate surface area is 227 Å². The van der Waals surface area contributed by atoms with Gasteiger partial charge in [0.15, 0.2) is 0 Å². The van der Waals surface area contributed by atoms with Crippen LogP contribution in [0.1, 0.15) is 34.3 Å². The molecular weight excluding hydrogens is 581 g/mol. The molecule has 40 heavy (non-hydrogen) atoms. The Bertz CT molecular complexity index is 1260. The average molecular weight is 601 g/mol. The number of halogens is 8. The van der Waals surface area contributed by atoms with Gasteiger partial charge in [-0.15, -0.1) is 13.2 Å². The molecule has 0 spiro atoms. The maximum absolute atomic E-state index is 13.9. The van der Waals surface area contributed by atoms with Gasteiger partial charge in [-0.3, -0.25) is 4.90 Å². The first kappa shape index (κ1) is 32.4. The smallest absolute Gasteiger partial charge is 0.492 e. The van der Waals surface area contributed by atoms with E-state index in [1.807, 2.05) is 6.07 Å². The van der Waals surface area contributed by atoms with Crippen molar-refractivity contribution in [3.63, 3.8) is 0 Å². The number of nitriles is 1. The first-order valence-electron chi connectivity index (χ1n) is 11.2. The van der Waals surface area contributed by atoms with E-state index in [9.17, 15) is 40.8 Å². The van der Waals surface area contributed by atoms with Crippen molar-refractivity contribution in [3.05, 3.63) is 57.9 Å². The number of nitrogens with zero attached hydrogens (tertiary/aromatic N) is 2. The van der Waals surface area contributed by atoms with Gasteiger partial charge in [0.2, 0.25) is 0 Å². The number of alkyl halides is 6. The molecule has 218 valence electrons. The number of hydrogen-bond acceptors (Lipinski definition) is 6. The fourth-order valence-electron chi connectivity index (χ4n) is 3.61. The number of hydrogen-bond donors (Lipinski definition) is 2. The second-order valence-corrected chi connectivity index (χ2v) is 8.86. The van der Waals surface area contributed by atoms with Crippen molar-refractivity contribution in [2.45, 2.75) is 31.9 Å². The van der Waals surface area contributed by atoms with E-state index in [1.165, 1.54) is 6.07 Å². The SMILES string of the molecule is N#Cc1cc(C(=O)O)c(F)cc1OCC1CCN(Cc2cc(Cl)cc(OC(F)(F)F)c2)CC1.O=C(O)C(F)(F)F. The van der Waals surface area contributed by atoms with Gasteiger partial charge in [0.05, 0.1) is 17.7 Å². The third-order valence-corrected chi connectivity index (χ3v) is 5.63. The summed E-state index contributed by atoms with van der Waals surface area (Å²) in [6.45, 7) is 1.90. The normalized spacial score (nSPS) is 14.5. The molecule has 2 aromatic rings. The topological polar surface area (TPSA) is 120 Å². The second kappa shape index (κ2) is 13.5. The van der Waals surface area contributed by atoms with E-state index in [1.54, 1.807) is 6.07 Å². The molecule has 1 heterocycles. The van der Waals surface area contributed by atoms with E-state index < -0.39 is 35.9 Å². The summed E-state index contributed by atoms with van der Waals surface area (Å²) in [7, 11) is 0. The minimum Gasteiger partial charge on any atom is -0.492 e. The van der Waals surface area contributed by atoms with Crippen molar-refractivity contribution in [2.24, 2.45) is 5.92 Å². The molecule has 0 unspecified atom stereocenters. The minimum atomic E-state index is -5.08. The van der Waals surface area contributed by atoms with Crippen molar-refractivity contribution in [2.75, 3.05) is 19.7 Å². The largest absolute Gasteiger partial charge is 0.573 e. The lowest BCUT2D eigenvalue weighted by molar-refractivity contribution is -0.274. The van der Waals surface area contributed by atoms with Crippen LogP contribution >= 0.6 is 11.6 Å². The van der Waals surface area contributed by atoms with Gasteiger partial charge in [0, 0.05) is 17.6 Å². The van der Waals surface area contributed by atoms with E-state index in [-0.39, 0.29) is 34.6 Å². The van der Waals surface area contributed by atoms with Gasteiger partial charge in [-0.1, -0.05) is 11.6 Å². The molecule has 1 fully saturated rings. The minimum absolute atomic E-state index is 0.0152. The Kier molecular flexibility index (Phi) is 11.0. The molecule has 0 radical (unpaired) electrons. The van der Waals surface area contributed by atoms with Crippen LogP contribution in [0.25, 0.3) is 0 Å². The fraction of sp³-hybridized carbons (Fsp3) is 0.375. The fourth-order valence-corrected chi connectivity index (χ4v) is 3.86. The Balaban J connectivity index is 0.000000708. The number of carboxylic acids is 2. The van der Waals surface area contributed by atoms with E-state index in [4.69, 9.17) is 31.3 Å². The number of aromatic carboxylic acids is 1. The number of likely N-dealkylation sites (tertiary alicyclic amines) is 1. The molecule has 1 saturated heterocycles. The lowest BCUT2D eigenvalue weighted by Gasteiger charge is -2.32. The monoisotopic (exact) mass is 600 g/mol. The molecule has 2 aromatic carbocycles. The van der Waals surface area contributed by atoms with E-state index in [2.05, 4.69) is 9.64 Å². The zero-order valence-corrected chi connectivity index (χ0v) is 20.9. The summed E-state index contributed by atoms with van der Waals surface area (Å²) in [6, 6.07) is 7.63. The highest BCUT2D eigenvalue weighted by molar-refractivity contribution is 6.30. The van der Waals surface area contributed by atoms with Gasteiger partial charge in [0.25, 0.3) is 0 Å². The highest BCUT2D eigenvalue weighted by atomic mass is 35.5. The number of aliphatic carboxylic acids is 1. The number of ether oxygens (including phenoxy) is 2. The van der Waals surface area contributed by atoms with Crippen LogP contribution in [-0.4, -0.2) is 59.3 Å². The molecule has 0 aromatic heterocycles. The molecule has 0 bridgehead atoms. The maximum atomic E-state index is 13.9. The summed E-state index contributed by atoms with van der Waals surface area (Å²) in [4.78, 5) is 22.0. The van der Waals surface area contributed by atoms with Gasteiger partial charge < -0.3 is 19.7 Å². The van der Waals surface area contributed by atoms with Gasteiger partial charge in [-0.25, -0.2) is 14.0 Å². The number of carboxylic acid groups (broad SMARTS) is 2. The zero-order chi connectivity index (χ0) is 30.3. The van der Waals surface area contributed by atoms with Crippen LogP contribution in [-0.2, 0) is 11.3 Å². The van der Waals surface area contributed by atoms with Crippen LogP contribution in [0.5, 0.6) is 11.5 Å². The molecule has 8 nitrogen and oxygen atoms in total. The molecule has 0 atom stereocenters. The molecule has 0 aliphatic carbocycles. The number of carbonyl (C=O) groups is 2. The average Bonchev–Trinajstić information content (AvgIpc) is 2.81. The van der Waals surface area contributed by atoms with Crippen molar-refractivity contribution >= 4 is 23.5 Å². The summed E-state index contributed by atoms with van der Waals surface area (Å²) in [5.41, 5.74) is -0.0785. The lowest BCUT2D eigenvalue weighted by atomic mass is 9.97. The van der Waals surface area contributed by atoms with E-state index in [0.717, 1.165) is 18.2 Å². The van der Waals surface area contributed by atoms with Crippen LogP contribution in [0.15, 0.2) is 30.3 Å². The summed E-state index contributed by atoms with van der Waals surface area (Å²) in [5, 5.41) is 25.4. The first-order chi connectivity index (χ1) is 18.5. The van der Waals surface area contributed by atoms with Crippen LogP contribution in [0, 0.1) is 23.1 Å². The van der Waals surface area contributed by atoms with Gasteiger partial charge in [0.1, 0.15) is 23.4 Å². The van der Waals surface area contributed by atoms with Crippen molar-refractivity contribution in [3.8, 4) is 17.6 Å². The maximum Gasteiger partial charge on any atom is 0.573 e. The van der Waals surface area contributed by atoms with Gasteiger partial charge in [-0.2, -0.15) is 18.4 Å². The quantitative estimate of drug-likeness (QED) is 0.379. The molecule has 0 amide bonds. The van der Waals surface area contributed by atoms with Gasteiger partial charge >= 0.3 is 24.5 Å². The van der Waals surface area contributed by atoms with Crippen molar-refractivity contribution in [1.82, 2.24) is 4.90 Å². The van der Waals surface area contributed by atoms with Crippen LogP contribution in [0.3, 0.4) is 0 Å². The standard InChI is InChI=1S/C22H19ClF4N2O4.C2HF3O2/c23-16-5-14(6-17(8-16)33-22(25,26)27)11-29-3-1-13(2-4-29)12-32-20-9-19(24)18(21(30)31)7-15(20)10-28;3-2(4,5)1(6)7/h5-9,13H,1-4,11-12H2,(H,30,31);(H,6,7). The van der Waals surface area contributed by atoms with Crippen LogP contribution < -0.4 is 9.47 Å². The summed E-state index contributed by atoms with van der Waals surface area (Å²) >= 11 is 5.92. The molecular formula is C24H20ClF7N2O6. The van der Waals surface area contributed by atoms with Gasteiger partial charge in [-0.05, 0) is 61.7 Å². The predicted molar refractivity (Wildman–Crippen MR) is 123 cm³/mol. The second-order valence-electron chi connectivity index (χ2n) is 8.42. The molecule has 1 aliphatic rings. The lowest BCUT2D eigenvalue weighted by Crippen LogP contribution is -2.35. The highest BCUT2D eigenvalue weighted by Crippen LogP contribution is 2.29. The third kappa shape index (κ3) is 10.4. The summed E-state index contributed by atoms with van der Waals surface area (Å²) in [5.74, 6) is -5.49. The predicted octanol–water partition coefficient (Wildman–Crippen LogP) is 5.87. The number of benzene rings is 2. The van der Waals surface area contributed by atoms with Crippen LogP contribution in [0.4, 0.5) is 30.7 Å². The molecule has 3 rings (SSSR count). The Hall–Kier alpha value is -3.77.